The first-order valence-corrected chi connectivity index (χ1v) is 6.24. The van der Waals surface area contributed by atoms with Gasteiger partial charge in [-0.05, 0) is 29.9 Å². The van der Waals surface area contributed by atoms with Gasteiger partial charge in [0, 0.05) is 13.1 Å². The van der Waals surface area contributed by atoms with Gasteiger partial charge in [0.05, 0.1) is 12.7 Å². The Balaban J connectivity index is 2.09. The van der Waals surface area contributed by atoms with E-state index >= 15 is 0 Å². The van der Waals surface area contributed by atoms with Crippen molar-refractivity contribution in [2.24, 2.45) is 5.41 Å². The zero-order valence-corrected chi connectivity index (χ0v) is 10.7. The Labute approximate surface area is 103 Å². The van der Waals surface area contributed by atoms with E-state index in [0.29, 0.717) is 0 Å². The van der Waals surface area contributed by atoms with Crippen LogP contribution in [-0.4, -0.2) is 31.6 Å². The van der Waals surface area contributed by atoms with Gasteiger partial charge in [-0.2, -0.15) is 0 Å². The molecule has 1 heterocycles. The third-order valence-corrected chi connectivity index (χ3v) is 3.63. The molecule has 0 radical (unpaired) electrons. The summed E-state index contributed by atoms with van der Waals surface area (Å²) in [4.78, 5) is 11.7. The van der Waals surface area contributed by atoms with E-state index in [1.807, 2.05) is 0 Å². The molecule has 1 aliphatic carbocycles. The fraction of sp³-hybridized carbons (Fsp3) is 0.643. The lowest BCUT2D eigenvalue weighted by atomic mass is 9.72. The van der Waals surface area contributed by atoms with Gasteiger partial charge in [-0.15, -0.1) is 0 Å². The van der Waals surface area contributed by atoms with Gasteiger partial charge in [-0.3, -0.25) is 4.79 Å². The van der Waals surface area contributed by atoms with Gasteiger partial charge < -0.3 is 10.1 Å². The van der Waals surface area contributed by atoms with Crippen LogP contribution in [0.25, 0.3) is 0 Å². The summed E-state index contributed by atoms with van der Waals surface area (Å²) in [6, 6.07) is 0. The lowest BCUT2D eigenvalue weighted by molar-refractivity contribution is -0.112. The molecular weight excluding hydrogens is 214 g/mol. The molecule has 0 aromatic rings. The normalized spacial score (nSPS) is 29.1. The topological polar surface area (TPSA) is 38.3 Å². The highest BCUT2D eigenvalue weighted by molar-refractivity contribution is 6.05. The number of hydrogen-bond donors (Lipinski definition) is 1. The first kappa shape index (κ1) is 12.5. The molecule has 1 aliphatic heterocycles. The van der Waals surface area contributed by atoms with Gasteiger partial charge in [-0.1, -0.05) is 26.0 Å². The van der Waals surface area contributed by atoms with Gasteiger partial charge >= 0.3 is 0 Å². The summed E-state index contributed by atoms with van der Waals surface area (Å²) in [5, 5.41) is 3.32. The van der Waals surface area contributed by atoms with E-state index in [1.165, 1.54) is 5.57 Å². The number of ether oxygens (including phenoxy) is 1. The van der Waals surface area contributed by atoms with Crippen LogP contribution in [0.1, 0.15) is 26.7 Å². The van der Waals surface area contributed by atoms with Crippen molar-refractivity contribution >= 4 is 5.78 Å². The monoisotopic (exact) mass is 235 g/mol. The first-order valence-electron chi connectivity index (χ1n) is 6.24. The molecule has 1 fully saturated rings. The van der Waals surface area contributed by atoms with Crippen LogP contribution in [0.4, 0.5) is 0 Å². The summed E-state index contributed by atoms with van der Waals surface area (Å²) >= 11 is 0. The summed E-state index contributed by atoms with van der Waals surface area (Å²) in [6.07, 6.45) is 3.58. The van der Waals surface area contributed by atoms with Crippen LogP contribution in [-0.2, 0) is 9.53 Å². The van der Waals surface area contributed by atoms with Crippen molar-refractivity contribution in [3.63, 3.8) is 0 Å². The third-order valence-electron chi connectivity index (χ3n) is 3.63. The summed E-state index contributed by atoms with van der Waals surface area (Å²) in [5.41, 5.74) is 1.95. The minimum atomic E-state index is 0.0335. The number of rotatable bonds is 2. The minimum Gasteiger partial charge on any atom is -0.375 e. The Morgan fingerprint density at radius 1 is 1.59 bits per heavy atom. The molecule has 1 N–H and O–H groups in total. The van der Waals surface area contributed by atoms with Crippen molar-refractivity contribution in [1.29, 1.82) is 0 Å². The molecule has 2 aliphatic rings. The molecule has 17 heavy (non-hydrogen) atoms. The van der Waals surface area contributed by atoms with Crippen molar-refractivity contribution < 1.29 is 9.53 Å². The van der Waals surface area contributed by atoms with E-state index < -0.39 is 0 Å². The molecule has 0 aromatic carbocycles. The van der Waals surface area contributed by atoms with Crippen LogP contribution in [0.5, 0.6) is 0 Å². The Hall–Kier alpha value is -0.930. The molecule has 3 heteroatoms. The largest absolute Gasteiger partial charge is 0.375 e. The number of carbonyl (C=O) groups is 1. The second kappa shape index (κ2) is 4.75. The first-order chi connectivity index (χ1) is 7.99. The second-order valence-corrected chi connectivity index (χ2v) is 5.60. The lowest BCUT2D eigenvalue weighted by Gasteiger charge is -2.35. The minimum absolute atomic E-state index is 0.0335. The third kappa shape index (κ3) is 2.85. The van der Waals surface area contributed by atoms with Crippen molar-refractivity contribution in [3.05, 3.63) is 23.8 Å². The number of allylic oxidation sites excluding steroid dienone is 2. The Kier molecular flexibility index (Phi) is 3.50. The number of nitrogens with one attached hydrogen (secondary N) is 1. The predicted octanol–water partition coefficient (Wildman–Crippen LogP) is 1.85. The molecule has 0 spiro atoms. The van der Waals surface area contributed by atoms with Crippen LogP contribution >= 0.6 is 0 Å². The highest BCUT2D eigenvalue weighted by Gasteiger charge is 2.32. The summed E-state index contributed by atoms with van der Waals surface area (Å²) in [6.45, 7) is 10.7. The van der Waals surface area contributed by atoms with Gasteiger partial charge in [0.25, 0.3) is 0 Å². The van der Waals surface area contributed by atoms with Gasteiger partial charge in [-0.25, -0.2) is 0 Å². The Morgan fingerprint density at radius 3 is 3.00 bits per heavy atom. The number of hydrogen-bond acceptors (Lipinski definition) is 3. The van der Waals surface area contributed by atoms with Gasteiger partial charge in [0.2, 0.25) is 0 Å². The maximum absolute atomic E-state index is 11.7. The molecule has 1 atom stereocenters. The molecule has 0 aromatic heterocycles. The highest BCUT2D eigenvalue weighted by Crippen LogP contribution is 2.39. The highest BCUT2D eigenvalue weighted by atomic mass is 16.5. The fourth-order valence-corrected chi connectivity index (χ4v) is 2.52. The number of ketones is 1. The molecule has 1 unspecified atom stereocenters. The van der Waals surface area contributed by atoms with E-state index in [-0.39, 0.29) is 17.3 Å². The van der Waals surface area contributed by atoms with Gasteiger partial charge in [0.15, 0.2) is 5.78 Å². The van der Waals surface area contributed by atoms with Gasteiger partial charge in [0.1, 0.15) is 0 Å². The molecule has 3 nitrogen and oxygen atoms in total. The predicted molar refractivity (Wildman–Crippen MR) is 67.9 cm³/mol. The van der Waals surface area contributed by atoms with Crippen LogP contribution in [0, 0.1) is 5.41 Å². The summed E-state index contributed by atoms with van der Waals surface area (Å²) < 4.78 is 5.70. The van der Waals surface area contributed by atoms with Crippen LogP contribution < -0.4 is 5.32 Å². The lowest BCUT2D eigenvalue weighted by Crippen LogP contribution is -2.40. The zero-order chi connectivity index (χ0) is 12.5. The summed E-state index contributed by atoms with van der Waals surface area (Å²) in [7, 11) is 0. The maximum Gasteiger partial charge on any atom is 0.181 e. The van der Waals surface area contributed by atoms with Crippen molar-refractivity contribution in [2.45, 2.75) is 32.8 Å². The zero-order valence-electron chi connectivity index (χ0n) is 10.7. The fourth-order valence-electron chi connectivity index (χ4n) is 2.52. The van der Waals surface area contributed by atoms with Crippen LogP contribution in [0.15, 0.2) is 23.8 Å². The standard InChI is InChI=1S/C14H21NO2/c1-10-8-14(2,3)11(7-13(10)16)6-12-9-15-4-5-17-12/h7,12,15H,1,4-6,8-9H2,2-3H3. The maximum atomic E-state index is 11.7. The molecular formula is C14H21NO2. The SMILES string of the molecule is C=C1CC(C)(C)C(CC2CNCCO2)=CC1=O. The molecule has 0 bridgehead atoms. The summed E-state index contributed by atoms with van der Waals surface area (Å²) in [5.74, 6) is 0.0862. The smallest absolute Gasteiger partial charge is 0.181 e. The van der Waals surface area contributed by atoms with E-state index in [9.17, 15) is 4.79 Å². The van der Waals surface area contributed by atoms with E-state index in [0.717, 1.165) is 38.1 Å². The Morgan fingerprint density at radius 2 is 2.35 bits per heavy atom. The molecule has 94 valence electrons. The van der Waals surface area contributed by atoms with Crippen molar-refractivity contribution in [2.75, 3.05) is 19.7 Å². The Bertz CT molecular complexity index is 362. The number of carbonyl (C=O) groups excluding carboxylic acids is 1. The molecule has 2 rings (SSSR count). The van der Waals surface area contributed by atoms with Crippen molar-refractivity contribution in [1.82, 2.24) is 5.32 Å². The van der Waals surface area contributed by atoms with E-state index in [4.69, 9.17) is 4.74 Å². The van der Waals surface area contributed by atoms with E-state index in [1.54, 1.807) is 6.08 Å². The average molecular weight is 235 g/mol. The van der Waals surface area contributed by atoms with E-state index in [2.05, 4.69) is 25.7 Å². The molecule has 0 amide bonds. The molecule has 0 saturated carbocycles. The van der Waals surface area contributed by atoms with Crippen LogP contribution in [0.3, 0.4) is 0 Å². The second-order valence-electron chi connectivity index (χ2n) is 5.60. The average Bonchev–Trinajstić information content (AvgIpc) is 2.27. The molecule has 1 saturated heterocycles. The van der Waals surface area contributed by atoms with Crippen molar-refractivity contribution in [3.8, 4) is 0 Å². The quantitative estimate of drug-likeness (QED) is 0.742. The number of morpholine rings is 1. The van der Waals surface area contributed by atoms with Crippen LogP contribution in [0.2, 0.25) is 0 Å².